The molecule has 1 atom stereocenters. The van der Waals surface area contributed by atoms with Crippen molar-refractivity contribution in [1.82, 2.24) is 9.97 Å². The summed E-state index contributed by atoms with van der Waals surface area (Å²) in [6.45, 7) is 3.05. The van der Waals surface area contributed by atoms with Crippen molar-refractivity contribution < 1.29 is 0 Å². The first-order valence-electron chi connectivity index (χ1n) is 6.76. The Hall–Kier alpha value is -1.81. The van der Waals surface area contributed by atoms with Crippen LogP contribution < -0.4 is 10.6 Å². The molecule has 104 valence electrons. The molecule has 1 aromatic carbocycles. The number of aryl methyl sites for hydroxylation is 1. The highest BCUT2D eigenvalue weighted by atomic mass is 35.5. The summed E-state index contributed by atoms with van der Waals surface area (Å²) in [5.74, 6) is 1.08. The molecule has 1 unspecified atom stereocenters. The van der Waals surface area contributed by atoms with Crippen LogP contribution in [0.2, 0.25) is 5.02 Å². The normalized spacial score (nSPS) is 18.5. The van der Waals surface area contributed by atoms with Crippen LogP contribution in [0.4, 0.5) is 11.6 Å². The van der Waals surface area contributed by atoms with E-state index in [1.807, 2.05) is 0 Å². The molecular formula is C15H17ClN4. The Labute approximate surface area is 123 Å². The topological polar surface area (TPSA) is 55.0 Å². The van der Waals surface area contributed by atoms with Crippen molar-refractivity contribution in [1.29, 1.82) is 0 Å². The van der Waals surface area contributed by atoms with Gasteiger partial charge in [-0.15, -0.1) is 0 Å². The minimum absolute atomic E-state index is 0.307. The average Bonchev–Trinajstić information content (AvgIpc) is 2.91. The van der Waals surface area contributed by atoms with Gasteiger partial charge >= 0.3 is 0 Å². The predicted molar refractivity (Wildman–Crippen MR) is 82.0 cm³/mol. The Morgan fingerprint density at radius 2 is 2.20 bits per heavy atom. The summed E-state index contributed by atoms with van der Waals surface area (Å²) in [6.07, 6.45) is 3.70. The Balaban J connectivity index is 1.99. The number of benzene rings is 1. The molecule has 2 heterocycles. The van der Waals surface area contributed by atoms with Crippen LogP contribution in [-0.4, -0.2) is 16.5 Å². The Kier molecular flexibility index (Phi) is 3.49. The van der Waals surface area contributed by atoms with Crippen LogP contribution in [0, 0.1) is 6.92 Å². The van der Waals surface area contributed by atoms with Gasteiger partial charge in [0.15, 0.2) is 5.82 Å². The van der Waals surface area contributed by atoms with E-state index in [1.165, 1.54) is 17.5 Å². The first kappa shape index (κ1) is 13.2. The summed E-state index contributed by atoms with van der Waals surface area (Å²) in [5.41, 5.74) is 8.35. The van der Waals surface area contributed by atoms with Gasteiger partial charge in [0.1, 0.15) is 17.2 Å². The number of nitrogens with two attached hydrogens (primary N) is 1. The van der Waals surface area contributed by atoms with Gasteiger partial charge in [0.25, 0.3) is 0 Å². The summed E-state index contributed by atoms with van der Waals surface area (Å²) in [6, 6.07) is 8.90. The number of anilines is 2. The quantitative estimate of drug-likeness (QED) is 0.920. The van der Waals surface area contributed by atoms with Gasteiger partial charge in [0.2, 0.25) is 0 Å². The Morgan fingerprint density at radius 1 is 1.35 bits per heavy atom. The van der Waals surface area contributed by atoms with Crippen molar-refractivity contribution in [2.24, 2.45) is 0 Å². The molecule has 0 bridgehead atoms. The summed E-state index contributed by atoms with van der Waals surface area (Å²) in [7, 11) is 0. The number of rotatable bonds is 2. The number of nitrogens with zero attached hydrogens (tertiary/aromatic N) is 3. The number of halogens is 1. The Morgan fingerprint density at radius 3 is 3.00 bits per heavy atom. The van der Waals surface area contributed by atoms with Gasteiger partial charge in [0, 0.05) is 6.54 Å². The summed E-state index contributed by atoms with van der Waals surface area (Å²) in [4.78, 5) is 10.5. The van der Waals surface area contributed by atoms with E-state index in [1.54, 1.807) is 0 Å². The lowest BCUT2D eigenvalue weighted by Gasteiger charge is -2.27. The van der Waals surface area contributed by atoms with E-state index in [4.69, 9.17) is 17.3 Å². The van der Waals surface area contributed by atoms with E-state index < -0.39 is 0 Å². The molecule has 0 aliphatic carbocycles. The molecule has 2 aromatic rings. The highest BCUT2D eigenvalue weighted by Crippen LogP contribution is 2.39. The highest BCUT2D eigenvalue weighted by Gasteiger charge is 2.29. The molecule has 1 aliphatic rings. The van der Waals surface area contributed by atoms with Crippen molar-refractivity contribution in [3.63, 3.8) is 0 Å². The molecule has 1 saturated heterocycles. The van der Waals surface area contributed by atoms with E-state index in [0.29, 0.717) is 16.9 Å². The zero-order valence-electron chi connectivity index (χ0n) is 11.4. The van der Waals surface area contributed by atoms with E-state index in [9.17, 15) is 0 Å². The SMILES string of the molecule is Cc1cccc(C2CCCN2c2ncnc(N)c2Cl)c1. The summed E-state index contributed by atoms with van der Waals surface area (Å²) in [5, 5.41) is 0.451. The third-order valence-electron chi connectivity index (χ3n) is 3.75. The summed E-state index contributed by atoms with van der Waals surface area (Å²) < 4.78 is 0. The third kappa shape index (κ3) is 2.31. The maximum atomic E-state index is 6.27. The number of aromatic nitrogens is 2. The van der Waals surface area contributed by atoms with Crippen molar-refractivity contribution in [2.75, 3.05) is 17.2 Å². The molecule has 0 amide bonds. The fourth-order valence-corrected chi connectivity index (χ4v) is 3.02. The second kappa shape index (κ2) is 5.29. The van der Waals surface area contributed by atoms with Crippen LogP contribution >= 0.6 is 11.6 Å². The molecule has 2 N–H and O–H groups in total. The van der Waals surface area contributed by atoms with Crippen molar-refractivity contribution in [3.8, 4) is 0 Å². The van der Waals surface area contributed by atoms with Crippen molar-refractivity contribution in [2.45, 2.75) is 25.8 Å². The Bertz CT molecular complexity index is 629. The van der Waals surface area contributed by atoms with Gasteiger partial charge in [-0.2, -0.15) is 0 Å². The fraction of sp³-hybridized carbons (Fsp3) is 0.333. The summed E-state index contributed by atoms with van der Waals surface area (Å²) >= 11 is 6.27. The standard InChI is InChI=1S/C15H17ClN4/c1-10-4-2-5-11(8-10)12-6-3-7-20(12)15-13(16)14(17)18-9-19-15/h2,4-5,8-9,12H,3,6-7H2,1H3,(H2,17,18,19). The first-order valence-corrected chi connectivity index (χ1v) is 7.14. The van der Waals surface area contributed by atoms with Gasteiger partial charge < -0.3 is 10.6 Å². The second-order valence-electron chi connectivity index (χ2n) is 5.16. The van der Waals surface area contributed by atoms with Crippen LogP contribution in [-0.2, 0) is 0 Å². The lowest BCUT2D eigenvalue weighted by Crippen LogP contribution is -2.24. The van der Waals surface area contributed by atoms with E-state index >= 15 is 0 Å². The van der Waals surface area contributed by atoms with E-state index in [2.05, 4.69) is 46.1 Å². The van der Waals surface area contributed by atoms with Crippen LogP contribution in [0.1, 0.15) is 30.0 Å². The molecule has 1 aliphatic heterocycles. The smallest absolute Gasteiger partial charge is 0.153 e. The monoisotopic (exact) mass is 288 g/mol. The molecule has 1 aromatic heterocycles. The maximum Gasteiger partial charge on any atom is 0.153 e. The number of hydrogen-bond donors (Lipinski definition) is 1. The van der Waals surface area contributed by atoms with Crippen LogP contribution in [0.5, 0.6) is 0 Å². The van der Waals surface area contributed by atoms with Crippen LogP contribution in [0.3, 0.4) is 0 Å². The molecule has 0 radical (unpaired) electrons. The molecular weight excluding hydrogens is 272 g/mol. The predicted octanol–water partition coefficient (Wildman–Crippen LogP) is 3.36. The van der Waals surface area contributed by atoms with Gasteiger partial charge in [-0.1, -0.05) is 41.4 Å². The van der Waals surface area contributed by atoms with Crippen molar-refractivity contribution >= 4 is 23.2 Å². The lowest BCUT2D eigenvalue weighted by molar-refractivity contribution is 0.710. The molecule has 20 heavy (non-hydrogen) atoms. The zero-order chi connectivity index (χ0) is 14.1. The van der Waals surface area contributed by atoms with Gasteiger partial charge in [-0.3, -0.25) is 0 Å². The van der Waals surface area contributed by atoms with E-state index in [0.717, 1.165) is 25.2 Å². The molecule has 0 spiro atoms. The minimum Gasteiger partial charge on any atom is -0.382 e. The molecule has 1 fully saturated rings. The van der Waals surface area contributed by atoms with Gasteiger partial charge in [0.05, 0.1) is 6.04 Å². The second-order valence-corrected chi connectivity index (χ2v) is 5.54. The molecule has 4 nitrogen and oxygen atoms in total. The third-order valence-corrected chi connectivity index (χ3v) is 4.11. The highest BCUT2D eigenvalue weighted by molar-refractivity contribution is 6.35. The lowest BCUT2D eigenvalue weighted by atomic mass is 10.0. The van der Waals surface area contributed by atoms with Gasteiger partial charge in [-0.25, -0.2) is 9.97 Å². The minimum atomic E-state index is 0.307. The number of nitrogen functional groups attached to an aromatic ring is 1. The molecule has 5 heteroatoms. The average molecular weight is 289 g/mol. The number of hydrogen-bond acceptors (Lipinski definition) is 4. The largest absolute Gasteiger partial charge is 0.382 e. The first-order chi connectivity index (χ1) is 9.66. The maximum absolute atomic E-state index is 6.27. The van der Waals surface area contributed by atoms with Crippen LogP contribution in [0.25, 0.3) is 0 Å². The fourth-order valence-electron chi connectivity index (χ4n) is 2.82. The molecule has 0 saturated carbocycles. The zero-order valence-corrected chi connectivity index (χ0v) is 12.1. The van der Waals surface area contributed by atoms with Crippen LogP contribution in [0.15, 0.2) is 30.6 Å². The van der Waals surface area contributed by atoms with Gasteiger partial charge in [-0.05, 0) is 25.3 Å². The molecule has 3 rings (SSSR count). The van der Waals surface area contributed by atoms with E-state index in [-0.39, 0.29) is 0 Å². The van der Waals surface area contributed by atoms with Crippen molar-refractivity contribution in [3.05, 3.63) is 46.7 Å².